The molecule has 6 aromatic rings. The SMILES string of the molecule is CCOc1ccc2nc(SCc3c(CSc4nc5ccc(OCC)cc5[nH]4)[n+](=O)c4ccccc4n3[O-])[nH]c2c1. The van der Waals surface area contributed by atoms with E-state index in [1.807, 2.05) is 50.2 Å². The van der Waals surface area contributed by atoms with Gasteiger partial charge in [-0.1, -0.05) is 35.7 Å². The van der Waals surface area contributed by atoms with Crippen LogP contribution < -0.4 is 13.9 Å². The largest absolute Gasteiger partial charge is 0.805 e. The molecule has 0 spiro atoms. The van der Waals surface area contributed by atoms with Gasteiger partial charge in [-0.3, -0.25) is 0 Å². The first-order valence-electron chi connectivity index (χ1n) is 12.8. The molecule has 0 aliphatic carbocycles. The van der Waals surface area contributed by atoms with Gasteiger partial charge in [-0.05, 0) is 44.2 Å². The van der Waals surface area contributed by atoms with Crippen molar-refractivity contribution in [1.29, 1.82) is 0 Å². The normalized spacial score (nSPS) is 11.6. The van der Waals surface area contributed by atoms with E-state index in [-0.39, 0.29) is 11.5 Å². The Hall–Kier alpha value is -4.16. The van der Waals surface area contributed by atoms with Crippen LogP contribution in [0.25, 0.3) is 33.1 Å². The summed E-state index contributed by atoms with van der Waals surface area (Å²) in [6.45, 7) is 5.02. The van der Waals surface area contributed by atoms with Crippen LogP contribution in [-0.4, -0.2) is 37.9 Å². The number of aromatic amines is 2. The van der Waals surface area contributed by atoms with E-state index in [1.165, 1.54) is 23.5 Å². The van der Waals surface area contributed by atoms with E-state index in [9.17, 15) is 10.1 Å². The quantitative estimate of drug-likeness (QED) is 0.150. The molecule has 0 unspecified atom stereocenters. The van der Waals surface area contributed by atoms with Crippen molar-refractivity contribution >= 4 is 56.6 Å². The molecule has 0 aliphatic rings. The molecule has 0 fully saturated rings. The van der Waals surface area contributed by atoms with Gasteiger partial charge in [0.05, 0.1) is 51.2 Å². The number of hydrogen-bond acceptors (Lipinski definition) is 8. The van der Waals surface area contributed by atoms with E-state index in [0.29, 0.717) is 45.9 Å². The van der Waals surface area contributed by atoms with Gasteiger partial charge >= 0.3 is 0 Å². The summed E-state index contributed by atoms with van der Waals surface area (Å²) in [6, 6.07) is 18.2. The number of para-hydroxylation sites is 2. The lowest BCUT2D eigenvalue weighted by Gasteiger charge is -2.18. The first-order chi connectivity index (χ1) is 19.5. The van der Waals surface area contributed by atoms with Gasteiger partial charge in [0.1, 0.15) is 17.0 Å². The molecular formula is C28H26N6O4S2. The molecule has 0 saturated carbocycles. The number of nitrogens with one attached hydrogen (secondary N) is 2. The van der Waals surface area contributed by atoms with Crippen LogP contribution in [0, 0.1) is 10.1 Å². The highest BCUT2D eigenvalue weighted by Gasteiger charge is 2.24. The molecule has 0 atom stereocenters. The first-order valence-corrected chi connectivity index (χ1v) is 14.8. The highest BCUT2D eigenvalue weighted by molar-refractivity contribution is 7.98. The number of hydrogen-bond donors (Lipinski definition) is 2. The summed E-state index contributed by atoms with van der Waals surface area (Å²) in [6.07, 6.45) is 0. The summed E-state index contributed by atoms with van der Waals surface area (Å²) < 4.78 is 12.9. The zero-order chi connectivity index (χ0) is 27.6. The average molecular weight is 575 g/mol. The molecule has 6 rings (SSSR count). The van der Waals surface area contributed by atoms with Gasteiger partial charge in [-0.25, -0.2) is 9.97 Å². The zero-order valence-corrected chi connectivity index (χ0v) is 23.5. The standard InChI is InChI=1S/C28H26N6O4S2/c1-3-37-17-9-11-19-21(13-17)31-27(29-19)39-15-25-26(34(36)24-8-6-5-7-23(24)33(25)35)16-40-28-30-20-12-10-18(38-4-2)14-22(20)32-28/h5-14H,3-4,15-16H2,1-2H3,(H,29,31)(H,30,32). The molecule has 0 bridgehead atoms. The second-order valence-electron chi connectivity index (χ2n) is 8.86. The second kappa shape index (κ2) is 11.1. The third-order valence-corrected chi connectivity index (χ3v) is 8.09. The lowest BCUT2D eigenvalue weighted by atomic mass is 10.2. The van der Waals surface area contributed by atoms with E-state index in [2.05, 4.69) is 19.9 Å². The van der Waals surface area contributed by atoms with Gasteiger partial charge in [0.15, 0.2) is 10.3 Å². The summed E-state index contributed by atoms with van der Waals surface area (Å²) in [4.78, 5) is 29.4. The molecule has 0 radical (unpaired) electrons. The van der Waals surface area contributed by atoms with Crippen molar-refractivity contribution in [2.24, 2.45) is 0 Å². The van der Waals surface area contributed by atoms with Gasteiger partial charge in [0, 0.05) is 28.9 Å². The van der Waals surface area contributed by atoms with Crippen LogP contribution in [0.5, 0.6) is 11.5 Å². The van der Waals surface area contributed by atoms with E-state index < -0.39 is 0 Å². The van der Waals surface area contributed by atoms with Crippen molar-refractivity contribution in [3.63, 3.8) is 0 Å². The minimum Gasteiger partial charge on any atom is -0.805 e. The summed E-state index contributed by atoms with van der Waals surface area (Å²) in [5.74, 6) is 2.02. The third kappa shape index (κ3) is 5.07. The fourth-order valence-corrected chi connectivity index (χ4v) is 6.28. The molecule has 204 valence electrons. The van der Waals surface area contributed by atoms with Gasteiger partial charge in [-0.2, -0.15) is 0 Å². The maximum Gasteiger partial charge on any atom is 0.286 e. The Morgan fingerprint density at radius 3 is 2.02 bits per heavy atom. The number of nitrogens with zero attached hydrogens (tertiary/aromatic N) is 4. The topological polar surface area (TPSA) is 127 Å². The Labute approximate surface area is 237 Å². The molecule has 2 N–H and O–H groups in total. The first kappa shape index (κ1) is 26.1. The number of H-pyrrole nitrogens is 2. The Bertz CT molecular complexity index is 1900. The molecule has 0 saturated heterocycles. The second-order valence-corrected chi connectivity index (χ2v) is 10.8. The average Bonchev–Trinajstić information content (AvgIpc) is 3.56. The van der Waals surface area contributed by atoms with E-state index >= 15 is 0 Å². The van der Waals surface area contributed by atoms with Crippen molar-refractivity contribution in [3.8, 4) is 11.5 Å². The van der Waals surface area contributed by atoms with Crippen LogP contribution in [0.1, 0.15) is 25.2 Å². The van der Waals surface area contributed by atoms with E-state index in [4.69, 9.17) is 9.47 Å². The van der Waals surface area contributed by atoms with Crippen LogP contribution in [0.2, 0.25) is 0 Å². The lowest BCUT2D eigenvalue weighted by molar-refractivity contribution is -0.474. The predicted octanol–water partition coefficient (Wildman–Crippen LogP) is 6.04. The number of ether oxygens (including phenoxy) is 2. The third-order valence-electron chi connectivity index (χ3n) is 6.32. The number of aromatic nitrogens is 6. The Balaban J connectivity index is 1.30. The van der Waals surface area contributed by atoms with Crippen LogP contribution >= 0.6 is 23.5 Å². The van der Waals surface area contributed by atoms with E-state index in [1.54, 1.807) is 24.3 Å². The van der Waals surface area contributed by atoms with Crippen LogP contribution in [0.3, 0.4) is 0 Å². The van der Waals surface area contributed by atoms with Gasteiger partial charge in [-0.15, -0.1) is 0 Å². The molecule has 3 aromatic carbocycles. The molecule has 0 aliphatic heterocycles. The molecule has 3 aromatic heterocycles. The van der Waals surface area contributed by atoms with Gasteiger partial charge < -0.3 is 29.4 Å². The number of thioether (sulfide) groups is 2. The highest BCUT2D eigenvalue weighted by Crippen LogP contribution is 2.30. The summed E-state index contributed by atoms with van der Waals surface area (Å²) in [5, 5.41) is 14.8. The van der Waals surface area contributed by atoms with Crippen LogP contribution in [0.15, 0.2) is 71.0 Å². The summed E-state index contributed by atoms with van der Waals surface area (Å²) >= 11 is 2.74. The summed E-state index contributed by atoms with van der Waals surface area (Å²) in [7, 11) is 0. The lowest BCUT2D eigenvalue weighted by Crippen LogP contribution is -2.27. The number of benzene rings is 3. The maximum atomic E-state index is 13.5. The monoisotopic (exact) mass is 574 g/mol. The van der Waals surface area contributed by atoms with Crippen molar-refractivity contribution in [1.82, 2.24) is 24.7 Å². The Morgan fingerprint density at radius 1 is 0.850 bits per heavy atom. The molecular weight excluding hydrogens is 548 g/mol. The molecule has 12 heteroatoms. The van der Waals surface area contributed by atoms with Crippen molar-refractivity contribution in [3.05, 3.63) is 82.2 Å². The minimum atomic E-state index is 0.252. The van der Waals surface area contributed by atoms with Gasteiger partial charge in [0.25, 0.3) is 11.2 Å². The smallest absolute Gasteiger partial charge is 0.286 e. The number of fused-ring (bicyclic) bond motifs is 3. The van der Waals surface area contributed by atoms with Gasteiger partial charge in [0.2, 0.25) is 0 Å². The maximum absolute atomic E-state index is 13.5. The number of imidazole rings is 2. The molecule has 40 heavy (non-hydrogen) atoms. The zero-order valence-electron chi connectivity index (χ0n) is 21.8. The minimum absolute atomic E-state index is 0.252. The van der Waals surface area contributed by atoms with Crippen molar-refractivity contribution < 1.29 is 13.9 Å². The fraction of sp³-hybridized carbons (Fsp3) is 0.214. The Kier molecular flexibility index (Phi) is 7.27. The van der Waals surface area contributed by atoms with E-state index in [0.717, 1.165) is 42.7 Å². The molecule has 0 amide bonds. The fourth-order valence-electron chi connectivity index (χ4n) is 4.47. The predicted molar refractivity (Wildman–Crippen MR) is 158 cm³/mol. The van der Waals surface area contributed by atoms with Crippen molar-refractivity contribution in [2.75, 3.05) is 13.2 Å². The number of rotatable bonds is 10. The van der Waals surface area contributed by atoms with Crippen LogP contribution in [0.4, 0.5) is 0 Å². The highest BCUT2D eigenvalue weighted by atomic mass is 32.2. The molecule has 3 heterocycles. The van der Waals surface area contributed by atoms with Crippen molar-refractivity contribution in [2.45, 2.75) is 35.7 Å². The van der Waals surface area contributed by atoms with Crippen LogP contribution in [-0.2, 0) is 11.5 Å². The summed E-state index contributed by atoms with van der Waals surface area (Å²) in [5.41, 5.74) is 4.66. The molecule has 10 nitrogen and oxygen atoms in total. The Morgan fingerprint density at radius 2 is 1.43 bits per heavy atom.